The summed E-state index contributed by atoms with van der Waals surface area (Å²) in [6.45, 7) is 5.50. The topological polar surface area (TPSA) is 45.5 Å². The molecule has 1 unspecified atom stereocenters. The molecule has 1 aliphatic rings. The normalized spacial score (nSPS) is 20.7. The van der Waals surface area contributed by atoms with Crippen molar-refractivity contribution in [1.82, 2.24) is 9.47 Å². The third-order valence-electron chi connectivity index (χ3n) is 4.38. The molecule has 0 aromatic carbocycles. The number of carbonyl (C=O) groups excluding carboxylic acids is 1. The van der Waals surface area contributed by atoms with Crippen molar-refractivity contribution < 1.29 is 9.90 Å². The number of carbonyl (C=O) groups is 1. The van der Waals surface area contributed by atoms with Crippen molar-refractivity contribution in [2.24, 2.45) is 7.05 Å². The Balaban J connectivity index is 2.09. The molecule has 0 aliphatic carbocycles. The molecule has 1 aromatic heterocycles. The van der Waals surface area contributed by atoms with Crippen LogP contribution in [-0.2, 0) is 7.05 Å². The highest BCUT2D eigenvalue weighted by Crippen LogP contribution is 2.19. The highest BCUT2D eigenvalue weighted by atomic mass is 16.3. The Labute approximate surface area is 115 Å². The summed E-state index contributed by atoms with van der Waals surface area (Å²) < 4.78 is 2.05. The van der Waals surface area contributed by atoms with Gasteiger partial charge < -0.3 is 9.67 Å². The first kappa shape index (κ1) is 14.3. The van der Waals surface area contributed by atoms with Crippen molar-refractivity contribution in [3.05, 3.63) is 23.0 Å². The zero-order valence-electron chi connectivity index (χ0n) is 12.1. The number of aryl methyl sites for hydroxylation is 1. The predicted octanol–water partition coefficient (Wildman–Crippen LogP) is 1.67. The Morgan fingerprint density at radius 1 is 1.42 bits per heavy atom. The van der Waals surface area contributed by atoms with Crippen LogP contribution in [0.1, 0.15) is 41.0 Å². The summed E-state index contributed by atoms with van der Waals surface area (Å²) in [5.74, 6) is 0.168. The van der Waals surface area contributed by atoms with Gasteiger partial charge >= 0.3 is 0 Å². The number of piperidine rings is 1. The van der Waals surface area contributed by atoms with E-state index in [1.54, 1.807) is 0 Å². The number of likely N-dealkylation sites (tertiary alicyclic amines) is 1. The van der Waals surface area contributed by atoms with Crippen LogP contribution < -0.4 is 0 Å². The molecule has 1 saturated heterocycles. The number of aliphatic hydroxyl groups is 1. The van der Waals surface area contributed by atoms with Crippen LogP contribution in [0.2, 0.25) is 0 Å². The number of nitrogens with zero attached hydrogens (tertiary/aromatic N) is 2. The molecule has 0 spiro atoms. The molecule has 2 rings (SSSR count). The summed E-state index contributed by atoms with van der Waals surface area (Å²) in [6.07, 6.45) is 3.27. The summed E-state index contributed by atoms with van der Waals surface area (Å²) in [6, 6.07) is 2.12. The molecule has 0 radical (unpaired) electrons. The van der Waals surface area contributed by atoms with Gasteiger partial charge in [-0.2, -0.15) is 0 Å². The predicted molar refractivity (Wildman–Crippen MR) is 75.5 cm³/mol. The van der Waals surface area contributed by atoms with E-state index in [9.17, 15) is 9.90 Å². The van der Waals surface area contributed by atoms with Gasteiger partial charge in [0.1, 0.15) is 0 Å². The monoisotopic (exact) mass is 264 g/mol. The van der Waals surface area contributed by atoms with E-state index >= 15 is 0 Å². The Morgan fingerprint density at radius 3 is 2.74 bits per heavy atom. The SMILES string of the molecule is Cc1cc(C(=O)CN2CCCCC2CO)c(C)n1C. The van der Waals surface area contributed by atoms with Crippen LogP contribution in [0.15, 0.2) is 6.07 Å². The molecule has 0 bridgehead atoms. The standard InChI is InChI=1S/C15H24N2O2/c1-11-8-14(12(2)16(11)3)15(19)9-17-7-5-4-6-13(17)10-18/h8,13,18H,4-7,9-10H2,1-3H3. The second-order valence-corrected chi connectivity index (χ2v) is 5.57. The van der Waals surface area contributed by atoms with Gasteiger partial charge in [0.2, 0.25) is 0 Å². The number of aromatic nitrogens is 1. The first-order valence-electron chi connectivity index (χ1n) is 7.05. The van der Waals surface area contributed by atoms with Crippen LogP contribution in [-0.4, -0.2) is 46.1 Å². The molecule has 19 heavy (non-hydrogen) atoms. The van der Waals surface area contributed by atoms with Crippen LogP contribution in [0.5, 0.6) is 0 Å². The van der Waals surface area contributed by atoms with Gasteiger partial charge in [0.05, 0.1) is 13.2 Å². The fourth-order valence-electron chi connectivity index (χ4n) is 2.88. The number of rotatable bonds is 4. The lowest BCUT2D eigenvalue weighted by molar-refractivity contribution is 0.0711. The highest BCUT2D eigenvalue weighted by molar-refractivity contribution is 5.99. The summed E-state index contributed by atoms with van der Waals surface area (Å²) in [4.78, 5) is 14.6. The van der Waals surface area contributed by atoms with Gasteiger partial charge in [0, 0.05) is 30.0 Å². The molecule has 1 fully saturated rings. The quantitative estimate of drug-likeness (QED) is 0.841. The maximum absolute atomic E-state index is 12.4. The minimum Gasteiger partial charge on any atom is -0.395 e. The van der Waals surface area contributed by atoms with Gasteiger partial charge in [-0.25, -0.2) is 0 Å². The van der Waals surface area contributed by atoms with E-state index in [0.717, 1.165) is 42.8 Å². The van der Waals surface area contributed by atoms with Crippen LogP contribution in [0.3, 0.4) is 0 Å². The smallest absolute Gasteiger partial charge is 0.178 e. The van der Waals surface area contributed by atoms with Crippen molar-refractivity contribution in [1.29, 1.82) is 0 Å². The molecule has 4 heteroatoms. The van der Waals surface area contributed by atoms with E-state index in [1.807, 2.05) is 31.5 Å². The third kappa shape index (κ3) is 2.90. The Bertz CT molecular complexity index is 465. The summed E-state index contributed by atoms with van der Waals surface area (Å²) in [5.41, 5.74) is 2.96. The fourth-order valence-corrected chi connectivity index (χ4v) is 2.88. The van der Waals surface area contributed by atoms with Crippen molar-refractivity contribution in [3.63, 3.8) is 0 Å². The van der Waals surface area contributed by atoms with Crippen LogP contribution >= 0.6 is 0 Å². The first-order chi connectivity index (χ1) is 9.04. The summed E-state index contributed by atoms with van der Waals surface area (Å²) >= 11 is 0. The number of Topliss-reactive ketones (excluding diaryl/α,β-unsaturated/α-hetero) is 1. The maximum atomic E-state index is 12.4. The molecule has 1 N–H and O–H groups in total. The van der Waals surface area contributed by atoms with Crippen LogP contribution in [0.4, 0.5) is 0 Å². The van der Waals surface area contributed by atoms with Gasteiger partial charge in [-0.3, -0.25) is 9.69 Å². The van der Waals surface area contributed by atoms with Crippen molar-refractivity contribution >= 4 is 5.78 Å². The number of hydrogen-bond acceptors (Lipinski definition) is 3. The second kappa shape index (κ2) is 5.88. The Morgan fingerprint density at radius 2 is 2.16 bits per heavy atom. The maximum Gasteiger partial charge on any atom is 0.178 e. The zero-order valence-corrected chi connectivity index (χ0v) is 12.1. The average Bonchev–Trinajstić information content (AvgIpc) is 2.67. The minimum atomic E-state index is 0.153. The molecule has 0 amide bonds. The molecular formula is C15H24N2O2. The van der Waals surface area contributed by atoms with E-state index in [2.05, 4.69) is 4.90 Å². The molecule has 1 aliphatic heterocycles. The van der Waals surface area contributed by atoms with E-state index < -0.39 is 0 Å². The Kier molecular flexibility index (Phi) is 4.42. The number of aliphatic hydroxyl groups excluding tert-OH is 1. The van der Waals surface area contributed by atoms with Crippen LogP contribution in [0.25, 0.3) is 0 Å². The lowest BCUT2D eigenvalue weighted by Crippen LogP contribution is -2.44. The van der Waals surface area contributed by atoms with Gasteiger partial charge in [0.25, 0.3) is 0 Å². The molecule has 1 atom stereocenters. The van der Waals surface area contributed by atoms with Gasteiger partial charge in [-0.1, -0.05) is 6.42 Å². The van der Waals surface area contributed by atoms with Gasteiger partial charge in [-0.05, 0) is 39.3 Å². The van der Waals surface area contributed by atoms with E-state index in [4.69, 9.17) is 0 Å². The third-order valence-corrected chi connectivity index (χ3v) is 4.38. The van der Waals surface area contributed by atoms with Crippen molar-refractivity contribution in [2.75, 3.05) is 19.7 Å². The molecule has 1 aromatic rings. The lowest BCUT2D eigenvalue weighted by Gasteiger charge is -2.33. The molecule has 0 saturated carbocycles. The number of hydrogen-bond donors (Lipinski definition) is 1. The number of ketones is 1. The highest BCUT2D eigenvalue weighted by Gasteiger charge is 2.25. The van der Waals surface area contributed by atoms with Gasteiger partial charge in [0.15, 0.2) is 5.78 Å². The molecule has 4 nitrogen and oxygen atoms in total. The second-order valence-electron chi connectivity index (χ2n) is 5.57. The van der Waals surface area contributed by atoms with Crippen molar-refractivity contribution in [2.45, 2.75) is 39.2 Å². The summed E-state index contributed by atoms with van der Waals surface area (Å²) in [5, 5.41) is 9.39. The molecule has 2 heterocycles. The van der Waals surface area contributed by atoms with E-state index in [1.165, 1.54) is 0 Å². The van der Waals surface area contributed by atoms with E-state index in [0.29, 0.717) is 6.54 Å². The average molecular weight is 264 g/mol. The molecular weight excluding hydrogens is 240 g/mol. The molecule has 106 valence electrons. The fraction of sp³-hybridized carbons (Fsp3) is 0.667. The Hall–Kier alpha value is -1.13. The van der Waals surface area contributed by atoms with Gasteiger partial charge in [-0.15, -0.1) is 0 Å². The lowest BCUT2D eigenvalue weighted by atomic mass is 10.0. The zero-order chi connectivity index (χ0) is 14.0. The summed E-state index contributed by atoms with van der Waals surface area (Å²) in [7, 11) is 1.98. The first-order valence-corrected chi connectivity index (χ1v) is 7.05. The van der Waals surface area contributed by atoms with Crippen molar-refractivity contribution in [3.8, 4) is 0 Å². The van der Waals surface area contributed by atoms with E-state index in [-0.39, 0.29) is 18.4 Å². The largest absolute Gasteiger partial charge is 0.395 e. The minimum absolute atomic E-state index is 0.153. The van der Waals surface area contributed by atoms with Crippen LogP contribution in [0, 0.1) is 13.8 Å².